The third-order valence-electron chi connectivity index (χ3n) is 5.70. The predicted octanol–water partition coefficient (Wildman–Crippen LogP) is 3.95. The monoisotopic (exact) mass is 477 g/mol. The Labute approximate surface area is 208 Å². The molecule has 0 aliphatic carbocycles. The summed E-state index contributed by atoms with van der Waals surface area (Å²) in [5.41, 5.74) is 3.82. The van der Waals surface area contributed by atoms with Crippen LogP contribution >= 0.6 is 0 Å². The number of rotatable bonds is 12. The summed E-state index contributed by atoms with van der Waals surface area (Å²) in [7, 11) is 9.10. The van der Waals surface area contributed by atoms with Gasteiger partial charge in [0.1, 0.15) is 0 Å². The van der Waals surface area contributed by atoms with Crippen LogP contribution in [0.3, 0.4) is 0 Å². The van der Waals surface area contributed by atoms with Crippen LogP contribution in [0, 0.1) is 0 Å². The second kappa shape index (κ2) is 12.8. The zero-order chi connectivity index (χ0) is 25.2. The first-order chi connectivity index (χ1) is 16.9. The van der Waals surface area contributed by atoms with E-state index in [0.717, 1.165) is 28.9 Å². The van der Waals surface area contributed by atoms with Gasteiger partial charge in [-0.3, -0.25) is 4.79 Å². The van der Waals surface area contributed by atoms with Gasteiger partial charge in [0.15, 0.2) is 11.5 Å². The van der Waals surface area contributed by atoms with Gasteiger partial charge in [-0.25, -0.2) is 4.98 Å². The number of amides is 1. The Morgan fingerprint density at radius 2 is 1.63 bits per heavy atom. The highest BCUT2D eigenvalue weighted by molar-refractivity contribution is 5.79. The molecule has 0 saturated carbocycles. The topological polar surface area (TPSA) is 64.1 Å². The average molecular weight is 478 g/mol. The first kappa shape index (κ1) is 26.0. The molecule has 0 fully saturated rings. The predicted molar refractivity (Wildman–Crippen MR) is 138 cm³/mol. The molecule has 0 saturated heterocycles. The molecule has 0 aliphatic heterocycles. The maximum atomic E-state index is 12.6. The molecule has 186 valence electrons. The van der Waals surface area contributed by atoms with Crippen molar-refractivity contribution < 1.29 is 19.0 Å². The van der Waals surface area contributed by atoms with Crippen LogP contribution in [0.4, 0.5) is 0 Å². The van der Waals surface area contributed by atoms with Crippen molar-refractivity contribution in [2.24, 2.45) is 0 Å². The molecule has 3 aromatic rings. The van der Waals surface area contributed by atoms with Crippen LogP contribution < -0.4 is 14.2 Å². The van der Waals surface area contributed by atoms with Crippen LogP contribution in [0.15, 0.2) is 60.7 Å². The highest BCUT2D eigenvalue weighted by Crippen LogP contribution is 2.28. The number of likely N-dealkylation sites (N-methyl/N-ethyl adjacent to an activating group) is 2. The number of carbonyl (C=O) groups is 1. The summed E-state index contributed by atoms with van der Waals surface area (Å²) in [6, 6.07) is 19.5. The number of nitrogens with zero attached hydrogens (tertiary/aromatic N) is 3. The minimum Gasteiger partial charge on any atom is -0.493 e. The van der Waals surface area contributed by atoms with Crippen molar-refractivity contribution in [2.75, 3.05) is 55.1 Å². The highest BCUT2D eigenvalue weighted by atomic mass is 16.5. The summed E-state index contributed by atoms with van der Waals surface area (Å²) >= 11 is 0. The zero-order valence-corrected chi connectivity index (χ0v) is 21.3. The van der Waals surface area contributed by atoms with Crippen molar-refractivity contribution in [1.29, 1.82) is 0 Å². The smallest absolute Gasteiger partial charge is 0.226 e. The van der Waals surface area contributed by atoms with Gasteiger partial charge in [0.05, 0.1) is 32.9 Å². The van der Waals surface area contributed by atoms with E-state index in [-0.39, 0.29) is 5.91 Å². The van der Waals surface area contributed by atoms with Gasteiger partial charge in [-0.2, -0.15) is 0 Å². The van der Waals surface area contributed by atoms with E-state index in [1.165, 1.54) is 0 Å². The molecule has 0 atom stereocenters. The fraction of sp³-hybridized carbons (Fsp3) is 0.357. The van der Waals surface area contributed by atoms with Crippen molar-refractivity contribution >= 4 is 5.91 Å². The average Bonchev–Trinajstić information content (AvgIpc) is 2.87. The van der Waals surface area contributed by atoms with Crippen LogP contribution in [-0.2, 0) is 17.6 Å². The minimum absolute atomic E-state index is 0.101. The fourth-order valence-corrected chi connectivity index (χ4v) is 3.59. The number of benzene rings is 2. The van der Waals surface area contributed by atoms with Crippen LogP contribution in [-0.4, -0.2) is 75.7 Å². The zero-order valence-electron chi connectivity index (χ0n) is 21.3. The molecule has 0 bridgehead atoms. The number of hydrogen-bond donors (Lipinski definition) is 0. The molecule has 1 amide bonds. The van der Waals surface area contributed by atoms with Crippen LogP contribution in [0.1, 0.15) is 11.1 Å². The molecule has 35 heavy (non-hydrogen) atoms. The summed E-state index contributed by atoms with van der Waals surface area (Å²) in [6.45, 7) is 2.03. The number of hydrogen-bond acceptors (Lipinski definition) is 6. The Morgan fingerprint density at radius 3 is 2.37 bits per heavy atom. The molecule has 7 heteroatoms. The molecule has 2 aromatic carbocycles. The van der Waals surface area contributed by atoms with E-state index in [9.17, 15) is 4.79 Å². The van der Waals surface area contributed by atoms with Gasteiger partial charge >= 0.3 is 0 Å². The SMILES string of the molecule is COc1ccc(CCOc2cccc(-c3cccc(CC(=O)N(C)CCN(C)C)c3)n2)cc1OC. The molecule has 0 N–H and O–H groups in total. The van der Waals surface area contributed by atoms with Crippen LogP contribution in [0.5, 0.6) is 17.4 Å². The lowest BCUT2D eigenvalue weighted by atomic mass is 10.0. The molecule has 1 heterocycles. The van der Waals surface area contributed by atoms with E-state index in [0.29, 0.717) is 43.4 Å². The van der Waals surface area contributed by atoms with Gasteiger partial charge in [0.25, 0.3) is 0 Å². The number of aromatic nitrogens is 1. The largest absolute Gasteiger partial charge is 0.493 e. The summed E-state index contributed by atoms with van der Waals surface area (Å²) in [4.78, 5) is 21.1. The summed E-state index contributed by atoms with van der Waals surface area (Å²) in [5, 5.41) is 0. The normalized spacial score (nSPS) is 10.8. The van der Waals surface area contributed by atoms with Crippen LogP contribution in [0.25, 0.3) is 11.3 Å². The van der Waals surface area contributed by atoms with Gasteiger partial charge < -0.3 is 24.0 Å². The van der Waals surface area contributed by atoms with E-state index >= 15 is 0 Å². The third kappa shape index (κ3) is 7.72. The molecular weight excluding hydrogens is 442 g/mol. The standard InChI is InChI=1S/C28H35N3O4/c1-30(2)15-16-31(3)28(32)20-22-8-6-9-23(18-22)24-10-7-11-27(29-24)35-17-14-21-12-13-25(33-4)26(19-21)34-5/h6-13,18-19H,14-17,20H2,1-5H3. The van der Waals surface area contributed by atoms with E-state index in [4.69, 9.17) is 14.2 Å². The molecule has 7 nitrogen and oxygen atoms in total. The number of ether oxygens (including phenoxy) is 3. The molecule has 0 radical (unpaired) electrons. The van der Waals surface area contributed by atoms with Gasteiger partial charge in [0.2, 0.25) is 11.8 Å². The third-order valence-corrected chi connectivity index (χ3v) is 5.70. The highest BCUT2D eigenvalue weighted by Gasteiger charge is 2.11. The maximum Gasteiger partial charge on any atom is 0.226 e. The molecule has 3 rings (SSSR count). The second-order valence-corrected chi connectivity index (χ2v) is 8.64. The maximum absolute atomic E-state index is 12.6. The van der Waals surface area contributed by atoms with E-state index in [2.05, 4.69) is 9.88 Å². The quantitative estimate of drug-likeness (QED) is 0.394. The lowest BCUT2D eigenvalue weighted by Crippen LogP contribution is -2.34. The molecule has 0 unspecified atom stereocenters. The fourth-order valence-electron chi connectivity index (χ4n) is 3.59. The Kier molecular flexibility index (Phi) is 9.49. The van der Waals surface area contributed by atoms with Crippen molar-refractivity contribution in [2.45, 2.75) is 12.8 Å². The van der Waals surface area contributed by atoms with Crippen molar-refractivity contribution in [3.8, 4) is 28.6 Å². The van der Waals surface area contributed by atoms with Gasteiger partial charge in [-0.05, 0) is 49.5 Å². The van der Waals surface area contributed by atoms with Crippen molar-refractivity contribution in [3.05, 3.63) is 71.8 Å². The summed E-state index contributed by atoms with van der Waals surface area (Å²) in [6.07, 6.45) is 1.07. The van der Waals surface area contributed by atoms with Crippen molar-refractivity contribution in [1.82, 2.24) is 14.8 Å². The number of pyridine rings is 1. The molecule has 1 aromatic heterocycles. The van der Waals surface area contributed by atoms with Gasteiger partial charge in [-0.15, -0.1) is 0 Å². The van der Waals surface area contributed by atoms with Gasteiger partial charge in [-0.1, -0.05) is 30.3 Å². The molecule has 0 aliphatic rings. The Hall–Kier alpha value is -3.58. The van der Waals surface area contributed by atoms with Gasteiger partial charge in [0, 0.05) is 38.2 Å². The number of carbonyl (C=O) groups excluding carboxylic acids is 1. The first-order valence-electron chi connectivity index (χ1n) is 11.7. The minimum atomic E-state index is 0.101. The molecule has 0 spiro atoms. The van der Waals surface area contributed by atoms with E-state index in [1.807, 2.05) is 81.8 Å². The summed E-state index contributed by atoms with van der Waals surface area (Å²) in [5.74, 6) is 2.07. The van der Waals surface area contributed by atoms with Crippen molar-refractivity contribution in [3.63, 3.8) is 0 Å². The first-order valence-corrected chi connectivity index (χ1v) is 11.7. The van der Waals surface area contributed by atoms with E-state index < -0.39 is 0 Å². The Bertz CT molecular complexity index is 1120. The molecular formula is C28H35N3O4. The lowest BCUT2D eigenvalue weighted by molar-refractivity contribution is -0.129. The number of methoxy groups -OCH3 is 2. The van der Waals surface area contributed by atoms with E-state index in [1.54, 1.807) is 19.1 Å². The Balaban J connectivity index is 1.61. The van der Waals surface area contributed by atoms with Crippen LogP contribution in [0.2, 0.25) is 0 Å². The Morgan fingerprint density at radius 1 is 0.857 bits per heavy atom. The summed E-state index contributed by atoms with van der Waals surface area (Å²) < 4.78 is 16.6. The second-order valence-electron chi connectivity index (χ2n) is 8.64. The lowest BCUT2D eigenvalue weighted by Gasteiger charge is -2.19.